The molecule has 1 N–H and O–H groups in total. The average molecular weight is 469 g/mol. The maximum Gasteiger partial charge on any atom is 0.418 e. The summed E-state index contributed by atoms with van der Waals surface area (Å²) in [6.07, 6.45) is -3.85. The second kappa shape index (κ2) is 8.81. The third-order valence-electron chi connectivity index (χ3n) is 3.96. The lowest BCUT2D eigenvalue weighted by molar-refractivity contribution is -0.137. The van der Waals surface area contributed by atoms with Crippen LogP contribution in [0.3, 0.4) is 0 Å². The van der Waals surface area contributed by atoms with E-state index in [0.29, 0.717) is 11.1 Å². The molecule has 5 nitrogen and oxygen atoms in total. The molecule has 2 rings (SSSR count). The fourth-order valence-corrected chi connectivity index (χ4v) is 4.23. The topological polar surface area (TPSA) is 66.5 Å². The molecule has 0 aliphatic heterocycles. The largest absolute Gasteiger partial charge is 0.418 e. The monoisotopic (exact) mass is 468 g/mol. The van der Waals surface area contributed by atoms with Gasteiger partial charge in [0, 0.05) is 10.0 Å². The summed E-state index contributed by atoms with van der Waals surface area (Å²) in [5, 5.41) is 2.38. The molecule has 0 aromatic heterocycles. The summed E-state index contributed by atoms with van der Waals surface area (Å²) in [4.78, 5) is 12.8. The summed E-state index contributed by atoms with van der Waals surface area (Å²) in [6.45, 7) is 1.55. The Balaban J connectivity index is 2.45. The first kappa shape index (κ1) is 23.3. The molecule has 0 fully saturated rings. The summed E-state index contributed by atoms with van der Waals surface area (Å²) in [6, 6.07) is 7.31. The number of anilines is 2. The van der Waals surface area contributed by atoms with Gasteiger partial charge in [0.05, 0.1) is 23.2 Å². The Labute approximate surface area is 176 Å². The van der Waals surface area contributed by atoms with Gasteiger partial charge < -0.3 is 5.32 Å². The van der Waals surface area contributed by atoms with E-state index in [2.05, 4.69) is 5.32 Å². The Kier molecular flexibility index (Phi) is 7.08. The molecule has 2 aromatic carbocycles. The molecule has 0 radical (unpaired) electrons. The highest BCUT2D eigenvalue weighted by atomic mass is 35.5. The van der Waals surface area contributed by atoms with Crippen molar-refractivity contribution in [1.29, 1.82) is 0 Å². The van der Waals surface area contributed by atoms with Gasteiger partial charge in [-0.1, -0.05) is 30.1 Å². The second-order valence-electron chi connectivity index (χ2n) is 6.14. The molecular weight excluding hydrogens is 452 g/mol. The van der Waals surface area contributed by atoms with E-state index in [1.165, 1.54) is 30.3 Å². The SMILES string of the molecule is CC[C@H](C(=O)Nc1ccc(Cl)cc1C(F)(F)F)N(c1ccc(Cl)cc1)S(C)(=O)=O. The molecule has 158 valence electrons. The molecule has 0 saturated heterocycles. The van der Waals surface area contributed by atoms with Gasteiger partial charge in [-0.15, -0.1) is 0 Å². The number of rotatable bonds is 6. The molecule has 2 aromatic rings. The maximum atomic E-state index is 13.3. The van der Waals surface area contributed by atoms with Crippen LogP contribution in [-0.2, 0) is 21.0 Å². The van der Waals surface area contributed by atoms with Crippen LogP contribution in [0.15, 0.2) is 42.5 Å². The number of sulfonamides is 1. The number of amides is 1. The molecule has 1 amide bonds. The van der Waals surface area contributed by atoms with Gasteiger partial charge in [0.1, 0.15) is 6.04 Å². The third kappa shape index (κ3) is 5.77. The first-order chi connectivity index (χ1) is 13.3. The zero-order chi connectivity index (χ0) is 22.0. The van der Waals surface area contributed by atoms with E-state index in [0.717, 1.165) is 16.6 Å². The van der Waals surface area contributed by atoms with Crippen LogP contribution in [0.4, 0.5) is 24.5 Å². The van der Waals surface area contributed by atoms with Gasteiger partial charge in [0.2, 0.25) is 15.9 Å². The van der Waals surface area contributed by atoms with Crippen molar-refractivity contribution in [3.05, 3.63) is 58.1 Å². The van der Waals surface area contributed by atoms with Crippen LogP contribution in [0, 0.1) is 0 Å². The van der Waals surface area contributed by atoms with E-state index < -0.39 is 39.4 Å². The molecule has 11 heteroatoms. The predicted molar refractivity (Wildman–Crippen MR) is 108 cm³/mol. The van der Waals surface area contributed by atoms with Crippen molar-refractivity contribution in [1.82, 2.24) is 0 Å². The Bertz CT molecular complexity index is 996. The first-order valence-corrected chi connectivity index (χ1v) is 10.9. The number of halogens is 5. The quantitative estimate of drug-likeness (QED) is 0.633. The minimum absolute atomic E-state index is 0.0104. The maximum absolute atomic E-state index is 13.3. The van der Waals surface area contributed by atoms with E-state index in [9.17, 15) is 26.4 Å². The normalized spacial score (nSPS) is 13.1. The lowest BCUT2D eigenvalue weighted by Crippen LogP contribution is -2.47. The molecule has 0 heterocycles. The van der Waals surface area contributed by atoms with Crippen LogP contribution >= 0.6 is 23.2 Å². The molecule has 1 atom stereocenters. The highest BCUT2D eigenvalue weighted by Gasteiger charge is 2.36. The van der Waals surface area contributed by atoms with Crippen molar-refractivity contribution in [3.8, 4) is 0 Å². The van der Waals surface area contributed by atoms with Crippen molar-refractivity contribution in [2.24, 2.45) is 0 Å². The number of alkyl halides is 3. The lowest BCUT2D eigenvalue weighted by atomic mass is 10.1. The van der Waals surface area contributed by atoms with E-state index in [-0.39, 0.29) is 17.1 Å². The van der Waals surface area contributed by atoms with Crippen molar-refractivity contribution >= 4 is 50.5 Å². The van der Waals surface area contributed by atoms with Gasteiger partial charge in [-0.05, 0) is 48.9 Å². The number of hydrogen-bond donors (Lipinski definition) is 1. The molecule has 0 saturated carbocycles. The number of carbonyl (C=O) groups excluding carboxylic acids is 1. The summed E-state index contributed by atoms with van der Waals surface area (Å²) >= 11 is 11.5. The van der Waals surface area contributed by atoms with E-state index in [1.54, 1.807) is 6.92 Å². The Morgan fingerprint density at radius 1 is 1.10 bits per heavy atom. The number of hydrogen-bond acceptors (Lipinski definition) is 3. The first-order valence-electron chi connectivity index (χ1n) is 8.27. The van der Waals surface area contributed by atoms with Crippen LogP contribution in [0.1, 0.15) is 18.9 Å². The van der Waals surface area contributed by atoms with Crippen molar-refractivity contribution < 1.29 is 26.4 Å². The van der Waals surface area contributed by atoms with Crippen molar-refractivity contribution in [2.45, 2.75) is 25.6 Å². The molecule has 0 bridgehead atoms. The van der Waals surface area contributed by atoms with Crippen LogP contribution in [0.25, 0.3) is 0 Å². The number of carbonyl (C=O) groups is 1. The zero-order valence-electron chi connectivity index (χ0n) is 15.3. The number of nitrogens with zero attached hydrogens (tertiary/aromatic N) is 1. The highest BCUT2D eigenvalue weighted by Crippen LogP contribution is 2.37. The molecule has 0 spiro atoms. The van der Waals surface area contributed by atoms with E-state index >= 15 is 0 Å². The summed E-state index contributed by atoms with van der Waals surface area (Å²) in [5.41, 5.74) is -1.49. The Morgan fingerprint density at radius 3 is 2.14 bits per heavy atom. The molecule has 0 aliphatic rings. The fourth-order valence-electron chi connectivity index (χ4n) is 2.72. The highest BCUT2D eigenvalue weighted by molar-refractivity contribution is 7.92. The van der Waals surface area contributed by atoms with Gasteiger partial charge in [0.15, 0.2) is 0 Å². The summed E-state index contributed by atoms with van der Waals surface area (Å²) in [7, 11) is -3.94. The minimum Gasteiger partial charge on any atom is -0.324 e. The van der Waals surface area contributed by atoms with Gasteiger partial charge in [0.25, 0.3) is 0 Å². The van der Waals surface area contributed by atoms with Gasteiger partial charge in [-0.3, -0.25) is 9.10 Å². The van der Waals surface area contributed by atoms with E-state index in [1.807, 2.05) is 0 Å². The van der Waals surface area contributed by atoms with Crippen molar-refractivity contribution in [2.75, 3.05) is 15.9 Å². The van der Waals surface area contributed by atoms with E-state index in [4.69, 9.17) is 23.2 Å². The Morgan fingerprint density at radius 2 is 1.66 bits per heavy atom. The van der Waals surface area contributed by atoms with Crippen LogP contribution in [0.5, 0.6) is 0 Å². The molecule has 0 aliphatic carbocycles. The fraction of sp³-hybridized carbons (Fsp3) is 0.278. The predicted octanol–water partition coefficient (Wildman–Crippen LogP) is 5.20. The average Bonchev–Trinajstić information content (AvgIpc) is 2.60. The summed E-state index contributed by atoms with van der Waals surface area (Å²) < 4.78 is 65.4. The zero-order valence-corrected chi connectivity index (χ0v) is 17.6. The Hall–Kier alpha value is -1.97. The van der Waals surface area contributed by atoms with Gasteiger partial charge in [-0.2, -0.15) is 13.2 Å². The minimum atomic E-state index is -4.76. The molecule has 29 heavy (non-hydrogen) atoms. The third-order valence-corrected chi connectivity index (χ3v) is 5.62. The van der Waals surface area contributed by atoms with Crippen LogP contribution in [-0.4, -0.2) is 26.6 Å². The van der Waals surface area contributed by atoms with Crippen molar-refractivity contribution in [3.63, 3.8) is 0 Å². The smallest absolute Gasteiger partial charge is 0.324 e. The molecular formula is C18H17Cl2F3N2O3S. The second-order valence-corrected chi connectivity index (χ2v) is 8.87. The number of nitrogens with one attached hydrogen (secondary N) is 1. The number of benzene rings is 2. The van der Waals surface area contributed by atoms with Crippen LogP contribution < -0.4 is 9.62 Å². The summed E-state index contributed by atoms with van der Waals surface area (Å²) in [5.74, 6) is -0.916. The lowest BCUT2D eigenvalue weighted by Gasteiger charge is -2.30. The molecule has 0 unspecified atom stereocenters. The van der Waals surface area contributed by atoms with Gasteiger partial charge >= 0.3 is 6.18 Å². The van der Waals surface area contributed by atoms with Crippen LogP contribution in [0.2, 0.25) is 10.0 Å². The van der Waals surface area contributed by atoms with Gasteiger partial charge in [-0.25, -0.2) is 8.42 Å². The standard InChI is InChI=1S/C18H17Cl2F3N2O3S/c1-3-16(25(29(2,27)28)13-7-4-11(19)5-8-13)17(26)24-15-9-6-12(20)10-14(15)18(21,22)23/h4-10,16H,3H2,1-2H3,(H,24,26)/t16-/m1/s1.